The van der Waals surface area contributed by atoms with Crippen molar-refractivity contribution in [2.45, 2.75) is 4.90 Å². The summed E-state index contributed by atoms with van der Waals surface area (Å²) < 4.78 is 22.9. The molecule has 1 aliphatic heterocycles. The van der Waals surface area contributed by atoms with Gasteiger partial charge in [-0.25, -0.2) is 0 Å². The summed E-state index contributed by atoms with van der Waals surface area (Å²) in [6.45, 7) is 0.543. The van der Waals surface area contributed by atoms with Gasteiger partial charge in [0.25, 0.3) is 0 Å². The Bertz CT molecular complexity index is 737. The number of hydrogen-bond acceptors (Lipinski definition) is 4. The molecule has 1 heterocycles. The number of carbonyl (C=O) groups excluding carboxylic acids is 1. The fraction of sp³-hybridized carbons (Fsp3) is 0.167. The summed E-state index contributed by atoms with van der Waals surface area (Å²) in [4.78, 5) is 13.0. The van der Waals surface area contributed by atoms with E-state index in [9.17, 15) is 9.35 Å². The predicted molar refractivity (Wildman–Crippen MR) is 89.6 cm³/mol. The molecule has 118 valence electrons. The van der Waals surface area contributed by atoms with Gasteiger partial charge in [-0.1, -0.05) is 6.08 Å². The highest BCUT2D eigenvalue weighted by atomic mass is 32.2. The Morgan fingerprint density at radius 3 is 2.78 bits per heavy atom. The summed E-state index contributed by atoms with van der Waals surface area (Å²) in [5.41, 5.74) is 1.41. The molecular formula is C18H16O4S. The van der Waals surface area contributed by atoms with E-state index >= 15 is 0 Å². The SMILES string of the molecule is COc1ccc([S+]([O-])CC(=O)c2ccc3c(c2)C=CCO3)cc1. The molecule has 0 bridgehead atoms. The average molecular weight is 328 g/mol. The van der Waals surface area contributed by atoms with E-state index in [1.807, 2.05) is 12.2 Å². The minimum Gasteiger partial charge on any atom is -0.611 e. The van der Waals surface area contributed by atoms with Crippen LogP contribution in [0.5, 0.6) is 11.5 Å². The van der Waals surface area contributed by atoms with E-state index in [4.69, 9.17) is 9.47 Å². The molecule has 0 saturated carbocycles. The Hall–Kier alpha value is -2.24. The van der Waals surface area contributed by atoms with Gasteiger partial charge in [0.05, 0.1) is 7.11 Å². The van der Waals surface area contributed by atoms with Gasteiger partial charge in [-0.2, -0.15) is 0 Å². The van der Waals surface area contributed by atoms with Crippen LogP contribution in [0.25, 0.3) is 6.08 Å². The number of benzene rings is 2. The van der Waals surface area contributed by atoms with E-state index in [1.54, 1.807) is 49.6 Å². The number of fused-ring (bicyclic) bond motifs is 1. The number of ketones is 1. The average Bonchev–Trinajstić information content (AvgIpc) is 2.61. The molecule has 23 heavy (non-hydrogen) atoms. The first-order valence-corrected chi connectivity index (χ1v) is 8.48. The molecule has 0 aromatic heterocycles. The lowest BCUT2D eigenvalue weighted by Gasteiger charge is -2.14. The first-order valence-electron chi connectivity index (χ1n) is 7.16. The van der Waals surface area contributed by atoms with Gasteiger partial charge in [0.2, 0.25) is 5.78 Å². The fourth-order valence-corrected chi connectivity index (χ4v) is 3.32. The molecule has 3 rings (SSSR count). The number of rotatable bonds is 5. The van der Waals surface area contributed by atoms with Crippen LogP contribution in [0.1, 0.15) is 15.9 Å². The number of carbonyl (C=O) groups is 1. The van der Waals surface area contributed by atoms with Gasteiger partial charge in [-0.05, 0) is 59.7 Å². The van der Waals surface area contributed by atoms with Gasteiger partial charge in [0.1, 0.15) is 18.1 Å². The van der Waals surface area contributed by atoms with Crippen LogP contribution in [0.2, 0.25) is 0 Å². The zero-order valence-electron chi connectivity index (χ0n) is 12.7. The number of ether oxygens (including phenoxy) is 2. The maximum Gasteiger partial charge on any atom is 0.212 e. The van der Waals surface area contributed by atoms with E-state index in [-0.39, 0.29) is 11.5 Å². The first kappa shape index (κ1) is 15.6. The summed E-state index contributed by atoms with van der Waals surface area (Å²) >= 11 is -1.38. The van der Waals surface area contributed by atoms with Crippen molar-refractivity contribution in [3.05, 3.63) is 59.7 Å². The van der Waals surface area contributed by atoms with E-state index in [2.05, 4.69) is 0 Å². The first-order chi connectivity index (χ1) is 11.2. The lowest BCUT2D eigenvalue weighted by atomic mass is 10.1. The molecule has 5 heteroatoms. The summed E-state index contributed by atoms with van der Waals surface area (Å²) in [6.07, 6.45) is 3.82. The molecule has 4 nitrogen and oxygen atoms in total. The molecule has 2 aromatic rings. The summed E-state index contributed by atoms with van der Waals surface area (Å²) in [6, 6.07) is 12.2. The van der Waals surface area contributed by atoms with Crippen LogP contribution in [0.4, 0.5) is 0 Å². The number of Topliss-reactive ketones (excluding diaryl/α,β-unsaturated/α-hetero) is 1. The van der Waals surface area contributed by atoms with Crippen molar-refractivity contribution in [3.8, 4) is 11.5 Å². The molecule has 0 aliphatic carbocycles. The Balaban J connectivity index is 1.72. The third-order valence-electron chi connectivity index (χ3n) is 3.55. The Labute approximate surface area is 137 Å². The van der Waals surface area contributed by atoms with Gasteiger partial charge in [-0.3, -0.25) is 4.79 Å². The molecule has 0 N–H and O–H groups in total. The molecule has 1 unspecified atom stereocenters. The van der Waals surface area contributed by atoms with E-state index in [0.29, 0.717) is 22.8 Å². The van der Waals surface area contributed by atoms with Crippen molar-refractivity contribution in [3.63, 3.8) is 0 Å². The van der Waals surface area contributed by atoms with Crippen LogP contribution in [0.3, 0.4) is 0 Å². The topological polar surface area (TPSA) is 58.6 Å². The molecule has 1 atom stereocenters. The highest BCUT2D eigenvalue weighted by Crippen LogP contribution is 2.25. The molecule has 0 radical (unpaired) electrons. The van der Waals surface area contributed by atoms with Gasteiger partial charge >= 0.3 is 0 Å². The lowest BCUT2D eigenvalue weighted by molar-refractivity contribution is 0.102. The van der Waals surface area contributed by atoms with Crippen LogP contribution in [0, 0.1) is 0 Å². The standard InChI is InChI=1S/C18H16O4S/c1-21-15-5-7-16(8-6-15)23(20)12-17(19)13-4-9-18-14(11-13)3-2-10-22-18/h2-9,11H,10,12H2,1H3. The summed E-state index contributed by atoms with van der Waals surface area (Å²) in [5.74, 6) is 1.26. The second-order valence-corrected chi connectivity index (χ2v) is 6.51. The minimum absolute atomic E-state index is 0.0459. The van der Waals surface area contributed by atoms with E-state index < -0.39 is 11.2 Å². The molecule has 1 aliphatic rings. The number of hydrogen-bond donors (Lipinski definition) is 0. The summed E-state index contributed by atoms with van der Waals surface area (Å²) in [5, 5.41) is 0. The van der Waals surface area contributed by atoms with Gasteiger partial charge in [0, 0.05) is 11.1 Å². The molecule has 0 amide bonds. The Morgan fingerprint density at radius 1 is 1.26 bits per heavy atom. The third-order valence-corrected chi connectivity index (χ3v) is 4.87. The molecule has 0 saturated heterocycles. The van der Waals surface area contributed by atoms with Gasteiger partial charge in [0.15, 0.2) is 10.6 Å². The maximum atomic E-state index is 12.4. The van der Waals surface area contributed by atoms with Crippen molar-refractivity contribution in [1.82, 2.24) is 0 Å². The Kier molecular flexibility index (Phi) is 4.69. The lowest BCUT2D eigenvalue weighted by Crippen LogP contribution is -2.16. The molecular weight excluding hydrogens is 312 g/mol. The van der Waals surface area contributed by atoms with Crippen LogP contribution in [-0.2, 0) is 11.2 Å². The summed E-state index contributed by atoms with van der Waals surface area (Å²) in [7, 11) is 1.57. The van der Waals surface area contributed by atoms with Crippen LogP contribution in [-0.4, -0.2) is 29.8 Å². The largest absolute Gasteiger partial charge is 0.611 e. The Morgan fingerprint density at radius 2 is 2.04 bits per heavy atom. The second-order valence-electron chi connectivity index (χ2n) is 5.05. The van der Waals surface area contributed by atoms with Gasteiger partial charge < -0.3 is 14.0 Å². The van der Waals surface area contributed by atoms with Crippen LogP contribution < -0.4 is 9.47 Å². The van der Waals surface area contributed by atoms with Crippen molar-refractivity contribution < 1.29 is 18.8 Å². The fourth-order valence-electron chi connectivity index (χ4n) is 2.31. The minimum atomic E-state index is -1.38. The number of methoxy groups -OCH3 is 1. The molecule has 0 spiro atoms. The van der Waals surface area contributed by atoms with Crippen LogP contribution >= 0.6 is 0 Å². The normalized spacial score (nSPS) is 13.8. The second kappa shape index (κ2) is 6.89. The van der Waals surface area contributed by atoms with Crippen molar-refractivity contribution in [2.75, 3.05) is 19.5 Å². The van der Waals surface area contributed by atoms with Gasteiger partial charge in [-0.15, -0.1) is 0 Å². The quantitative estimate of drug-likeness (QED) is 0.625. The van der Waals surface area contributed by atoms with Crippen molar-refractivity contribution in [1.29, 1.82) is 0 Å². The molecule has 0 fully saturated rings. The maximum absolute atomic E-state index is 12.4. The highest BCUT2D eigenvalue weighted by molar-refractivity contribution is 7.92. The predicted octanol–water partition coefficient (Wildman–Crippen LogP) is 3.09. The van der Waals surface area contributed by atoms with E-state index in [1.165, 1.54) is 0 Å². The zero-order chi connectivity index (χ0) is 16.2. The van der Waals surface area contributed by atoms with E-state index in [0.717, 1.165) is 11.3 Å². The smallest absolute Gasteiger partial charge is 0.212 e. The monoisotopic (exact) mass is 328 g/mol. The zero-order valence-corrected chi connectivity index (χ0v) is 13.5. The van der Waals surface area contributed by atoms with Crippen molar-refractivity contribution >= 4 is 23.0 Å². The third kappa shape index (κ3) is 3.57. The van der Waals surface area contributed by atoms with Crippen molar-refractivity contribution in [2.24, 2.45) is 0 Å². The van der Waals surface area contributed by atoms with Crippen LogP contribution in [0.15, 0.2) is 53.4 Å². The molecule has 2 aromatic carbocycles. The highest BCUT2D eigenvalue weighted by Gasteiger charge is 2.19.